The van der Waals surface area contributed by atoms with Crippen LogP contribution in [-0.2, 0) is 26.3 Å². The number of aryl methyl sites for hydroxylation is 2. The van der Waals surface area contributed by atoms with Crippen LogP contribution >= 0.6 is 0 Å². The Morgan fingerprint density at radius 1 is 1.38 bits per heavy atom. The number of alkyl halides is 2. The Labute approximate surface area is 148 Å². The van der Waals surface area contributed by atoms with E-state index in [9.17, 15) is 13.6 Å². The van der Waals surface area contributed by atoms with Crippen LogP contribution in [0.25, 0.3) is 10.9 Å². The normalized spacial score (nSPS) is 15.8. The number of carbonyl (C=O) groups excluding carboxylic acids is 1. The summed E-state index contributed by atoms with van der Waals surface area (Å²) in [5, 5.41) is 11.9. The largest absolute Gasteiger partial charge is 0.360 e. The smallest absolute Gasteiger partial charge is 0.273 e. The van der Waals surface area contributed by atoms with Crippen LogP contribution in [0, 0.1) is 0 Å². The second kappa shape index (κ2) is 6.19. The van der Waals surface area contributed by atoms with Crippen molar-refractivity contribution >= 4 is 16.8 Å². The van der Waals surface area contributed by atoms with Crippen LogP contribution < -0.4 is 5.32 Å². The van der Waals surface area contributed by atoms with E-state index < -0.39 is 18.3 Å². The van der Waals surface area contributed by atoms with Gasteiger partial charge in [0.15, 0.2) is 5.69 Å². The molecule has 1 aliphatic rings. The molecule has 0 saturated carbocycles. The van der Waals surface area contributed by atoms with Crippen LogP contribution in [0.5, 0.6) is 0 Å². The lowest BCUT2D eigenvalue weighted by atomic mass is 9.93. The summed E-state index contributed by atoms with van der Waals surface area (Å²) in [6, 6.07) is 7.84. The van der Waals surface area contributed by atoms with Gasteiger partial charge in [0.05, 0.1) is 11.2 Å². The SMILES string of the molecule is Cn1nc(CCNC(=O)c2noc3c2CC(F)(F)CC3)c2ccccc21. The van der Waals surface area contributed by atoms with Crippen molar-refractivity contribution in [2.45, 2.75) is 31.6 Å². The summed E-state index contributed by atoms with van der Waals surface area (Å²) in [6.45, 7) is 0.331. The molecule has 1 amide bonds. The zero-order chi connectivity index (χ0) is 18.3. The molecule has 0 bridgehead atoms. The molecular weight excluding hydrogens is 342 g/mol. The summed E-state index contributed by atoms with van der Waals surface area (Å²) in [5.74, 6) is -2.93. The number of aromatic nitrogens is 3. The number of halogens is 2. The first kappa shape index (κ1) is 16.7. The van der Waals surface area contributed by atoms with Crippen molar-refractivity contribution in [3.8, 4) is 0 Å². The van der Waals surface area contributed by atoms with Gasteiger partial charge in [-0.25, -0.2) is 8.78 Å². The summed E-state index contributed by atoms with van der Waals surface area (Å²) in [6.07, 6.45) is -0.145. The summed E-state index contributed by atoms with van der Waals surface area (Å²) in [7, 11) is 1.87. The van der Waals surface area contributed by atoms with Gasteiger partial charge in [0.2, 0.25) is 0 Å². The van der Waals surface area contributed by atoms with Crippen molar-refractivity contribution in [1.82, 2.24) is 20.3 Å². The molecule has 2 aromatic heterocycles. The third-order valence-corrected chi connectivity index (χ3v) is 4.72. The Kier molecular flexibility index (Phi) is 3.97. The number of nitrogens with one attached hydrogen (secondary N) is 1. The van der Waals surface area contributed by atoms with Crippen molar-refractivity contribution in [2.24, 2.45) is 7.05 Å². The van der Waals surface area contributed by atoms with Crippen LogP contribution in [0.3, 0.4) is 0 Å². The number of amides is 1. The number of para-hydroxylation sites is 1. The highest BCUT2D eigenvalue weighted by Crippen LogP contribution is 2.34. The van der Waals surface area contributed by atoms with Gasteiger partial charge in [0, 0.05) is 50.2 Å². The third-order valence-electron chi connectivity index (χ3n) is 4.72. The first-order valence-electron chi connectivity index (χ1n) is 8.49. The van der Waals surface area contributed by atoms with E-state index in [0.717, 1.165) is 16.6 Å². The highest BCUT2D eigenvalue weighted by molar-refractivity contribution is 5.94. The molecule has 0 aliphatic heterocycles. The van der Waals surface area contributed by atoms with Crippen molar-refractivity contribution in [1.29, 1.82) is 0 Å². The fourth-order valence-electron chi connectivity index (χ4n) is 3.40. The molecule has 1 N–H and O–H groups in total. The van der Waals surface area contributed by atoms with Crippen molar-refractivity contribution in [3.63, 3.8) is 0 Å². The monoisotopic (exact) mass is 360 g/mol. The minimum Gasteiger partial charge on any atom is -0.360 e. The van der Waals surface area contributed by atoms with Crippen molar-refractivity contribution in [3.05, 3.63) is 47.0 Å². The van der Waals surface area contributed by atoms with Gasteiger partial charge in [-0.05, 0) is 6.07 Å². The van der Waals surface area contributed by atoms with Gasteiger partial charge in [-0.15, -0.1) is 0 Å². The summed E-state index contributed by atoms with van der Waals surface area (Å²) < 4.78 is 34.1. The highest BCUT2D eigenvalue weighted by Gasteiger charge is 2.39. The molecule has 3 aromatic rings. The Bertz CT molecular complexity index is 977. The van der Waals surface area contributed by atoms with Crippen molar-refractivity contribution in [2.75, 3.05) is 6.54 Å². The standard InChI is InChI=1S/C18H18F2N4O2/c1-24-14-5-3-2-4-11(14)13(22-24)7-9-21-17(25)16-12-10-18(19,20)8-6-15(12)26-23-16/h2-5H,6-10H2,1H3,(H,21,25). The zero-order valence-corrected chi connectivity index (χ0v) is 14.3. The van der Waals surface area contributed by atoms with Crippen LogP contribution in [0.15, 0.2) is 28.8 Å². The number of fused-ring (bicyclic) bond motifs is 2. The second-order valence-electron chi connectivity index (χ2n) is 6.56. The lowest BCUT2D eigenvalue weighted by Crippen LogP contribution is -2.30. The average Bonchev–Trinajstić information content (AvgIpc) is 3.15. The van der Waals surface area contributed by atoms with Gasteiger partial charge in [0.1, 0.15) is 5.76 Å². The van der Waals surface area contributed by atoms with Crippen LogP contribution in [0.4, 0.5) is 8.78 Å². The lowest BCUT2D eigenvalue weighted by Gasteiger charge is -2.20. The fourth-order valence-corrected chi connectivity index (χ4v) is 3.40. The van der Waals surface area contributed by atoms with E-state index in [-0.39, 0.29) is 24.1 Å². The lowest BCUT2D eigenvalue weighted by molar-refractivity contribution is -0.0147. The molecule has 0 atom stereocenters. The van der Waals surface area contributed by atoms with E-state index >= 15 is 0 Å². The highest BCUT2D eigenvalue weighted by atomic mass is 19.3. The number of hydrogen-bond acceptors (Lipinski definition) is 4. The van der Waals surface area contributed by atoms with E-state index in [1.807, 2.05) is 31.3 Å². The van der Waals surface area contributed by atoms with Crippen LogP contribution in [-0.4, -0.2) is 33.3 Å². The summed E-state index contributed by atoms with van der Waals surface area (Å²) >= 11 is 0. The molecule has 0 unspecified atom stereocenters. The molecule has 0 spiro atoms. The van der Waals surface area contributed by atoms with Gasteiger partial charge in [-0.1, -0.05) is 23.4 Å². The van der Waals surface area contributed by atoms with Gasteiger partial charge < -0.3 is 9.84 Å². The van der Waals surface area contributed by atoms with E-state index in [2.05, 4.69) is 15.6 Å². The Morgan fingerprint density at radius 3 is 3.04 bits per heavy atom. The van der Waals surface area contributed by atoms with E-state index in [1.54, 1.807) is 4.68 Å². The Hall–Kier alpha value is -2.77. The minimum atomic E-state index is -2.82. The first-order chi connectivity index (χ1) is 12.4. The van der Waals surface area contributed by atoms with Gasteiger partial charge in [-0.3, -0.25) is 9.48 Å². The van der Waals surface area contributed by atoms with Crippen molar-refractivity contribution < 1.29 is 18.1 Å². The van der Waals surface area contributed by atoms with Gasteiger partial charge in [-0.2, -0.15) is 5.10 Å². The number of carbonyl (C=O) groups is 1. The molecule has 8 heteroatoms. The van der Waals surface area contributed by atoms with Gasteiger partial charge >= 0.3 is 0 Å². The van der Waals surface area contributed by atoms with Crippen LogP contribution in [0.1, 0.15) is 33.9 Å². The van der Waals surface area contributed by atoms with E-state index in [4.69, 9.17) is 4.52 Å². The molecule has 0 saturated heterocycles. The first-order valence-corrected chi connectivity index (χ1v) is 8.49. The number of hydrogen-bond donors (Lipinski definition) is 1. The molecular formula is C18H18F2N4O2. The molecule has 0 fully saturated rings. The Balaban J connectivity index is 1.44. The molecule has 136 valence electrons. The molecule has 2 heterocycles. The predicted octanol–water partition coefficient (Wildman–Crippen LogP) is 2.66. The maximum atomic E-state index is 13.6. The zero-order valence-electron chi connectivity index (χ0n) is 14.3. The third kappa shape index (κ3) is 2.95. The Morgan fingerprint density at radius 2 is 2.19 bits per heavy atom. The molecule has 1 aromatic carbocycles. The topological polar surface area (TPSA) is 73.0 Å². The summed E-state index contributed by atoms with van der Waals surface area (Å²) in [5.41, 5.74) is 2.08. The van der Waals surface area contributed by atoms with E-state index in [0.29, 0.717) is 18.7 Å². The number of nitrogens with zero attached hydrogens (tertiary/aromatic N) is 3. The maximum Gasteiger partial charge on any atom is 0.273 e. The quantitative estimate of drug-likeness (QED) is 0.776. The van der Waals surface area contributed by atoms with E-state index in [1.165, 1.54) is 0 Å². The minimum absolute atomic E-state index is 0.0368. The summed E-state index contributed by atoms with van der Waals surface area (Å²) in [4.78, 5) is 12.3. The van der Waals surface area contributed by atoms with Gasteiger partial charge in [0.25, 0.3) is 11.8 Å². The molecule has 0 radical (unpaired) electrons. The number of rotatable bonds is 4. The molecule has 4 rings (SSSR count). The van der Waals surface area contributed by atoms with Crippen LogP contribution in [0.2, 0.25) is 0 Å². The number of benzene rings is 1. The maximum absolute atomic E-state index is 13.6. The fraction of sp³-hybridized carbons (Fsp3) is 0.389. The average molecular weight is 360 g/mol. The molecule has 1 aliphatic carbocycles. The molecule has 6 nitrogen and oxygen atoms in total. The second-order valence-corrected chi connectivity index (χ2v) is 6.56. The predicted molar refractivity (Wildman–Crippen MR) is 90.2 cm³/mol. The molecule has 26 heavy (non-hydrogen) atoms.